The van der Waals surface area contributed by atoms with Crippen LogP contribution in [0.1, 0.15) is 22.2 Å². The van der Waals surface area contributed by atoms with Gasteiger partial charge in [0.05, 0.1) is 6.26 Å². The first-order valence-electron chi connectivity index (χ1n) is 4.88. The summed E-state index contributed by atoms with van der Waals surface area (Å²) in [7, 11) is 0. The van der Waals surface area contributed by atoms with Gasteiger partial charge in [-0.25, -0.2) is 0 Å². The van der Waals surface area contributed by atoms with Gasteiger partial charge in [-0.2, -0.15) is 0 Å². The molecule has 4 heteroatoms. The van der Waals surface area contributed by atoms with Gasteiger partial charge in [0, 0.05) is 21.3 Å². The maximum absolute atomic E-state index is 5.56. The van der Waals surface area contributed by atoms with E-state index in [-0.39, 0.29) is 6.04 Å². The molecule has 0 aliphatic carbocycles. The number of halogens is 1. The van der Waals surface area contributed by atoms with Crippen molar-refractivity contribution in [3.63, 3.8) is 0 Å². The van der Waals surface area contributed by atoms with E-state index in [9.17, 15) is 0 Å². The third-order valence-corrected chi connectivity index (χ3v) is 4.42. The molecule has 3 rings (SSSR count). The summed E-state index contributed by atoms with van der Waals surface area (Å²) in [5.74, 6) is 1.08. The van der Waals surface area contributed by atoms with E-state index in [4.69, 9.17) is 4.42 Å². The Morgan fingerprint density at radius 1 is 1.53 bits per heavy atom. The summed E-state index contributed by atoms with van der Waals surface area (Å²) in [6.45, 7) is 1.02. The van der Waals surface area contributed by atoms with E-state index in [1.54, 1.807) is 17.6 Å². The first-order valence-corrected chi connectivity index (χ1v) is 6.55. The Hall–Kier alpha value is -0.580. The lowest BCUT2D eigenvalue weighted by Crippen LogP contribution is -2.28. The topological polar surface area (TPSA) is 25.2 Å². The summed E-state index contributed by atoms with van der Waals surface area (Å²) in [6, 6.07) is 4.46. The average Bonchev–Trinajstić information content (AvgIpc) is 2.84. The normalized spacial score (nSPS) is 20.2. The van der Waals surface area contributed by atoms with Crippen LogP contribution in [-0.4, -0.2) is 6.54 Å². The van der Waals surface area contributed by atoms with Crippen molar-refractivity contribution in [1.82, 2.24) is 5.32 Å². The summed E-state index contributed by atoms with van der Waals surface area (Å²) in [4.78, 5) is 1.30. The molecule has 15 heavy (non-hydrogen) atoms. The van der Waals surface area contributed by atoms with Gasteiger partial charge in [-0.1, -0.05) is 0 Å². The molecule has 2 aromatic heterocycles. The zero-order chi connectivity index (χ0) is 10.3. The Morgan fingerprint density at radius 2 is 2.47 bits per heavy atom. The Kier molecular flexibility index (Phi) is 2.42. The van der Waals surface area contributed by atoms with Crippen LogP contribution in [0.5, 0.6) is 0 Å². The second-order valence-electron chi connectivity index (χ2n) is 3.61. The molecular weight excluding hydrogens is 274 g/mol. The van der Waals surface area contributed by atoms with Crippen molar-refractivity contribution >= 4 is 27.3 Å². The van der Waals surface area contributed by atoms with Gasteiger partial charge in [0.1, 0.15) is 11.8 Å². The maximum atomic E-state index is 5.56. The standard InChI is InChI=1S/C11H10BrNOS/c12-8-5-9(15-6-8)10-11-7(1-3-13-10)2-4-14-11/h2,4-6,10,13H,1,3H2. The van der Waals surface area contributed by atoms with Crippen LogP contribution in [-0.2, 0) is 6.42 Å². The van der Waals surface area contributed by atoms with Gasteiger partial charge in [-0.15, -0.1) is 11.3 Å². The van der Waals surface area contributed by atoms with Crippen molar-refractivity contribution in [2.75, 3.05) is 6.54 Å². The molecule has 0 bridgehead atoms. The Balaban J connectivity index is 2.02. The molecule has 0 fully saturated rings. The van der Waals surface area contributed by atoms with Crippen LogP contribution in [0.4, 0.5) is 0 Å². The van der Waals surface area contributed by atoms with Gasteiger partial charge in [0.15, 0.2) is 0 Å². The van der Waals surface area contributed by atoms with Crippen molar-refractivity contribution in [1.29, 1.82) is 0 Å². The molecule has 0 saturated heterocycles. The molecule has 2 aromatic rings. The molecule has 0 aromatic carbocycles. The predicted octanol–water partition coefficient (Wildman–Crippen LogP) is 3.34. The quantitative estimate of drug-likeness (QED) is 0.869. The Bertz CT molecular complexity index is 476. The van der Waals surface area contributed by atoms with E-state index < -0.39 is 0 Å². The Labute approximate surface area is 100 Å². The number of fused-ring (bicyclic) bond motifs is 1. The van der Waals surface area contributed by atoms with Crippen molar-refractivity contribution < 1.29 is 4.42 Å². The lowest BCUT2D eigenvalue weighted by Gasteiger charge is -2.21. The zero-order valence-electron chi connectivity index (χ0n) is 8.00. The van der Waals surface area contributed by atoms with Crippen LogP contribution in [0.2, 0.25) is 0 Å². The molecule has 1 atom stereocenters. The summed E-state index contributed by atoms with van der Waals surface area (Å²) in [6.07, 6.45) is 2.85. The van der Waals surface area contributed by atoms with Crippen molar-refractivity contribution in [3.05, 3.63) is 44.4 Å². The van der Waals surface area contributed by atoms with E-state index in [2.05, 4.69) is 38.8 Å². The average molecular weight is 284 g/mol. The monoisotopic (exact) mass is 283 g/mol. The second kappa shape index (κ2) is 3.77. The molecule has 1 aliphatic rings. The molecule has 1 unspecified atom stereocenters. The van der Waals surface area contributed by atoms with Crippen LogP contribution >= 0.6 is 27.3 Å². The molecule has 1 aliphatic heterocycles. The van der Waals surface area contributed by atoms with E-state index in [0.29, 0.717) is 0 Å². The van der Waals surface area contributed by atoms with Crippen molar-refractivity contribution in [3.8, 4) is 0 Å². The largest absolute Gasteiger partial charge is 0.467 e. The van der Waals surface area contributed by atoms with Gasteiger partial charge < -0.3 is 9.73 Å². The minimum absolute atomic E-state index is 0.236. The molecule has 0 saturated carbocycles. The fraction of sp³-hybridized carbons (Fsp3) is 0.273. The molecule has 2 nitrogen and oxygen atoms in total. The third kappa shape index (κ3) is 1.67. The number of rotatable bonds is 1. The lowest BCUT2D eigenvalue weighted by atomic mass is 10.0. The minimum atomic E-state index is 0.236. The van der Waals surface area contributed by atoms with Gasteiger partial charge in [0.25, 0.3) is 0 Å². The van der Waals surface area contributed by atoms with Crippen LogP contribution < -0.4 is 5.32 Å². The number of furan rings is 1. The number of hydrogen-bond donors (Lipinski definition) is 1. The number of thiophene rings is 1. The molecule has 1 N–H and O–H groups in total. The van der Waals surface area contributed by atoms with Crippen molar-refractivity contribution in [2.45, 2.75) is 12.5 Å². The SMILES string of the molecule is Brc1csc(C2NCCc3ccoc32)c1. The van der Waals surface area contributed by atoms with E-state index >= 15 is 0 Å². The van der Waals surface area contributed by atoms with Gasteiger partial charge in [-0.3, -0.25) is 0 Å². The maximum Gasteiger partial charge on any atom is 0.129 e. The highest BCUT2D eigenvalue weighted by molar-refractivity contribution is 9.10. The van der Waals surface area contributed by atoms with Crippen LogP contribution in [0, 0.1) is 0 Å². The molecule has 0 spiro atoms. The first-order chi connectivity index (χ1) is 7.34. The number of hydrogen-bond acceptors (Lipinski definition) is 3. The number of nitrogens with one attached hydrogen (secondary N) is 1. The highest BCUT2D eigenvalue weighted by Gasteiger charge is 2.25. The molecule has 78 valence electrons. The lowest BCUT2D eigenvalue weighted by molar-refractivity contribution is 0.428. The van der Waals surface area contributed by atoms with Gasteiger partial charge in [-0.05, 0) is 40.0 Å². The van der Waals surface area contributed by atoms with E-state index in [1.165, 1.54) is 10.4 Å². The highest BCUT2D eigenvalue weighted by atomic mass is 79.9. The highest BCUT2D eigenvalue weighted by Crippen LogP contribution is 2.34. The zero-order valence-corrected chi connectivity index (χ0v) is 10.4. The molecule has 0 radical (unpaired) electrons. The van der Waals surface area contributed by atoms with Crippen molar-refractivity contribution in [2.24, 2.45) is 0 Å². The van der Waals surface area contributed by atoms with Gasteiger partial charge >= 0.3 is 0 Å². The third-order valence-electron chi connectivity index (χ3n) is 2.66. The van der Waals surface area contributed by atoms with Crippen LogP contribution in [0.15, 0.2) is 32.7 Å². The van der Waals surface area contributed by atoms with Crippen LogP contribution in [0.25, 0.3) is 0 Å². The van der Waals surface area contributed by atoms with Crippen LogP contribution in [0.3, 0.4) is 0 Å². The predicted molar refractivity (Wildman–Crippen MR) is 64.3 cm³/mol. The molecule has 0 amide bonds. The second-order valence-corrected chi connectivity index (χ2v) is 5.47. The van der Waals surface area contributed by atoms with E-state index in [1.807, 2.05) is 0 Å². The molecule has 3 heterocycles. The molecular formula is C11H10BrNOS. The Morgan fingerprint density at radius 3 is 3.27 bits per heavy atom. The minimum Gasteiger partial charge on any atom is -0.467 e. The fourth-order valence-electron chi connectivity index (χ4n) is 1.96. The van der Waals surface area contributed by atoms with E-state index in [0.717, 1.165) is 23.2 Å². The summed E-state index contributed by atoms with van der Waals surface area (Å²) < 4.78 is 6.70. The smallest absolute Gasteiger partial charge is 0.129 e. The summed E-state index contributed by atoms with van der Waals surface area (Å²) in [5.41, 5.74) is 1.34. The fourth-order valence-corrected chi connectivity index (χ4v) is 3.48. The summed E-state index contributed by atoms with van der Waals surface area (Å²) in [5, 5.41) is 5.59. The first kappa shape index (κ1) is 9.63. The summed E-state index contributed by atoms with van der Waals surface area (Å²) >= 11 is 5.24. The van der Waals surface area contributed by atoms with Gasteiger partial charge in [0.2, 0.25) is 0 Å².